The summed E-state index contributed by atoms with van der Waals surface area (Å²) in [6.45, 7) is -0.671. The van der Waals surface area contributed by atoms with Crippen molar-refractivity contribution in [3.05, 3.63) is 70.8 Å². The lowest BCUT2D eigenvalue weighted by atomic mass is 10.0. The highest BCUT2D eigenvalue weighted by Gasteiger charge is 2.32. The van der Waals surface area contributed by atoms with E-state index in [9.17, 15) is 35.1 Å². The van der Waals surface area contributed by atoms with Crippen LogP contribution in [-0.4, -0.2) is 20.7 Å². The molecule has 0 saturated carbocycles. The van der Waals surface area contributed by atoms with Crippen molar-refractivity contribution in [1.82, 2.24) is 0 Å². The fourth-order valence-corrected chi connectivity index (χ4v) is 2.50. The van der Waals surface area contributed by atoms with E-state index in [-0.39, 0.29) is 10.8 Å². The van der Waals surface area contributed by atoms with Gasteiger partial charge in [0.1, 0.15) is 17.4 Å². The number of nitro benzene ring substituents is 3. The molecule has 2 aromatic carbocycles. The normalized spacial score (nSPS) is 10.3. The van der Waals surface area contributed by atoms with Gasteiger partial charge < -0.3 is 16.2 Å². The second-order valence-electron chi connectivity index (χ2n) is 5.22. The van der Waals surface area contributed by atoms with Crippen LogP contribution in [-0.2, 0) is 6.61 Å². The van der Waals surface area contributed by atoms with Gasteiger partial charge in [0.05, 0.1) is 32.0 Å². The summed E-state index contributed by atoms with van der Waals surface area (Å²) < 4.78 is 5.27. The van der Waals surface area contributed by atoms with Crippen molar-refractivity contribution in [1.29, 1.82) is 0 Å². The van der Waals surface area contributed by atoms with Gasteiger partial charge in [-0.15, -0.1) is 0 Å². The maximum absolute atomic E-state index is 11.7. The molecule has 0 atom stereocenters. The fraction of sp³-hybridized carbons (Fsp3) is 0.0714. The van der Waals surface area contributed by atoms with Gasteiger partial charge in [0.15, 0.2) is 5.69 Å². The Balaban J connectivity index is 2.56. The standard InChI is InChI=1S/C14H10ClN5O8/c15-9-2-1-6(3-10(9)18(22)23)28-5-8-7(14(17)21)4-11(19(24)25)12(16)13(8)20(26)27/h1-4H,5,16H2,(H2,17,21). The number of ether oxygens (including phenoxy) is 1. The molecule has 146 valence electrons. The minimum Gasteiger partial charge on any atom is -0.488 e. The summed E-state index contributed by atoms with van der Waals surface area (Å²) in [5.74, 6) is -1.29. The summed E-state index contributed by atoms with van der Waals surface area (Å²) in [6, 6.07) is 4.09. The van der Waals surface area contributed by atoms with Crippen LogP contribution >= 0.6 is 11.6 Å². The zero-order valence-corrected chi connectivity index (χ0v) is 14.4. The molecule has 0 aromatic heterocycles. The second kappa shape index (κ2) is 7.71. The predicted molar refractivity (Wildman–Crippen MR) is 95.1 cm³/mol. The molecule has 0 saturated heterocycles. The molecular formula is C14H10ClN5O8. The van der Waals surface area contributed by atoms with Crippen LogP contribution in [0.4, 0.5) is 22.7 Å². The number of rotatable bonds is 7. The van der Waals surface area contributed by atoms with E-state index in [4.69, 9.17) is 27.8 Å². The SMILES string of the molecule is NC(=O)c1cc([N+](=O)[O-])c(N)c([N+](=O)[O-])c1COc1ccc(Cl)c([N+](=O)[O-])c1. The van der Waals surface area contributed by atoms with Crippen LogP contribution in [0, 0.1) is 30.3 Å². The van der Waals surface area contributed by atoms with E-state index >= 15 is 0 Å². The number of hydrogen-bond donors (Lipinski definition) is 2. The van der Waals surface area contributed by atoms with E-state index < -0.39 is 61.2 Å². The maximum Gasteiger partial charge on any atom is 0.306 e. The molecule has 0 radical (unpaired) electrons. The third kappa shape index (κ3) is 3.88. The molecule has 14 heteroatoms. The average molecular weight is 412 g/mol. The molecule has 0 bridgehead atoms. The molecule has 0 aliphatic rings. The molecule has 2 aromatic rings. The number of nitrogen functional groups attached to an aromatic ring is 1. The summed E-state index contributed by atoms with van der Waals surface area (Å²) in [4.78, 5) is 42.2. The Morgan fingerprint density at radius 3 is 2.14 bits per heavy atom. The quantitative estimate of drug-likeness (QED) is 0.388. The Morgan fingerprint density at radius 1 is 1.04 bits per heavy atom. The van der Waals surface area contributed by atoms with Gasteiger partial charge in [-0.25, -0.2) is 0 Å². The van der Waals surface area contributed by atoms with E-state index in [0.717, 1.165) is 6.07 Å². The number of carbonyl (C=O) groups excluding carboxylic acids is 1. The summed E-state index contributed by atoms with van der Waals surface area (Å²) >= 11 is 5.68. The molecule has 13 nitrogen and oxygen atoms in total. The van der Waals surface area contributed by atoms with Gasteiger partial charge in [-0.1, -0.05) is 11.6 Å². The highest BCUT2D eigenvalue weighted by Crippen LogP contribution is 2.38. The third-order valence-corrected chi connectivity index (χ3v) is 3.88. The van der Waals surface area contributed by atoms with Crippen LogP contribution in [0.15, 0.2) is 24.3 Å². The molecule has 4 N–H and O–H groups in total. The van der Waals surface area contributed by atoms with Gasteiger partial charge in [-0.3, -0.25) is 35.1 Å². The van der Waals surface area contributed by atoms with Crippen molar-refractivity contribution in [2.75, 3.05) is 5.73 Å². The fourth-order valence-electron chi connectivity index (χ4n) is 2.32. The van der Waals surface area contributed by atoms with Crippen LogP contribution in [0.2, 0.25) is 5.02 Å². The number of primary amides is 1. The molecule has 0 heterocycles. The molecule has 0 aliphatic heterocycles. The Morgan fingerprint density at radius 2 is 1.64 bits per heavy atom. The molecule has 0 spiro atoms. The minimum atomic E-state index is -1.19. The van der Waals surface area contributed by atoms with Crippen molar-refractivity contribution >= 4 is 40.3 Å². The van der Waals surface area contributed by atoms with Crippen LogP contribution in [0.25, 0.3) is 0 Å². The van der Waals surface area contributed by atoms with E-state index in [1.54, 1.807) is 0 Å². The van der Waals surface area contributed by atoms with Crippen molar-refractivity contribution in [2.24, 2.45) is 5.73 Å². The van der Waals surface area contributed by atoms with E-state index in [1.165, 1.54) is 12.1 Å². The lowest BCUT2D eigenvalue weighted by Gasteiger charge is -2.12. The number of anilines is 1. The molecule has 2 rings (SSSR count). The molecule has 0 unspecified atom stereocenters. The Bertz CT molecular complexity index is 1030. The molecule has 0 aliphatic carbocycles. The minimum absolute atomic E-state index is 0.0993. The first kappa shape index (κ1) is 20.3. The summed E-state index contributed by atoms with van der Waals surface area (Å²) in [5, 5.41) is 33.2. The van der Waals surface area contributed by atoms with Gasteiger partial charge in [0.2, 0.25) is 5.91 Å². The van der Waals surface area contributed by atoms with Crippen molar-refractivity contribution in [2.45, 2.75) is 6.61 Å². The number of nitro groups is 3. The largest absolute Gasteiger partial charge is 0.488 e. The second-order valence-corrected chi connectivity index (χ2v) is 5.63. The van der Waals surface area contributed by atoms with Gasteiger partial charge in [0, 0.05) is 6.07 Å². The predicted octanol–water partition coefficient (Wildman–Crippen LogP) is 2.32. The third-order valence-electron chi connectivity index (χ3n) is 3.57. The summed E-state index contributed by atoms with van der Waals surface area (Å²) in [5.41, 5.74) is 6.65. The van der Waals surface area contributed by atoms with E-state index in [2.05, 4.69) is 0 Å². The zero-order valence-electron chi connectivity index (χ0n) is 13.7. The first-order valence-corrected chi connectivity index (χ1v) is 7.53. The number of halogens is 1. The van der Waals surface area contributed by atoms with Crippen LogP contribution in [0.1, 0.15) is 15.9 Å². The van der Waals surface area contributed by atoms with Gasteiger partial charge >= 0.3 is 5.69 Å². The van der Waals surface area contributed by atoms with Crippen molar-refractivity contribution < 1.29 is 24.3 Å². The lowest BCUT2D eigenvalue weighted by Crippen LogP contribution is -2.18. The Labute approximate surface area is 159 Å². The monoisotopic (exact) mass is 411 g/mol. The van der Waals surface area contributed by atoms with Gasteiger partial charge in [-0.05, 0) is 12.1 Å². The maximum atomic E-state index is 11.7. The van der Waals surface area contributed by atoms with Gasteiger partial charge in [0.25, 0.3) is 11.4 Å². The highest BCUT2D eigenvalue weighted by molar-refractivity contribution is 6.32. The number of amides is 1. The van der Waals surface area contributed by atoms with E-state index in [1.807, 2.05) is 0 Å². The first-order valence-electron chi connectivity index (χ1n) is 7.15. The topological polar surface area (TPSA) is 208 Å². The van der Waals surface area contributed by atoms with E-state index in [0.29, 0.717) is 6.07 Å². The van der Waals surface area contributed by atoms with Crippen LogP contribution in [0.5, 0.6) is 5.75 Å². The highest BCUT2D eigenvalue weighted by atomic mass is 35.5. The molecule has 0 fully saturated rings. The average Bonchev–Trinajstić information content (AvgIpc) is 2.59. The van der Waals surface area contributed by atoms with Crippen LogP contribution < -0.4 is 16.2 Å². The Hall–Kier alpha value is -4.00. The Kier molecular flexibility index (Phi) is 5.59. The summed E-state index contributed by atoms with van der Waals surface area (Å²) in [7, 11) is 0. The summed E-state index contributed by atoms with van der Waals surface area (Å²) in [6.07, 6.45) is 0. The van der Waals surface area contributed by atoms with Crippen LogP contribution in [0.3, 0.4) is 0 Å². The van der Waals surface area contributed by atoms with Crippen molar-refractivity contribution in [3.63, 3.8) is 0 Å². The zero-order chi connectivity index (χ0) is 21.2. The number of carbonyl (C=O) groups is 1. The van der Waals surface area contributed by atoms with Gasteiger partial charge in [-0.2, -0.15) is 0 Å². The number of benzene rings is 2. The number of nitrogens with two attached hydrogens (primary N) is 2. The molecule has 28 heavy (non-hydrogen) atoms. The first-order chi connectivity index (χ1) is 13.0. The lowest BCUT2D eigenvalue weighted by molar-refractivity contribution is -0.392. The number of nitrogens with zero attached hydrogens (tertiary/aromatic N) is 3. The van der Waals surface area contributed by atoms with Crippen molar-refractivity contribution in [3.8, 4) is 5.75 Å². The molecular weight excluding hydrogens is 402 g/mol. The number of hydrogen-bond acceptors (Lipinski definition) is 9. The smallest absolute Gasteiger partial charge is 0.306 e. The molecule has 1 amide bonds.